The van der Waals surface area contributed by atoms with Crippen LogP contribution in [0.4, 0.5) is 0 Å². The van der Waals surface area contributed by atoms with Gasteiger partial charge in [-0.3, -0.25) is 0 Å². The van der Waals surface area contributed by atoms with Crippen molar-refractivity contribution in [3.63, 3.8) is 0 Å². The lowest BCUT2D eigenvalue weighted by Crippen LogP contribution is -2.10. The highest BCUT2D eigenvalue weighted by molar-refractivity contribution is 7.91. The summed E-state index contributed by atoms with van der Waals surface area (Å²) < 4.78 is 59.5. The van der Waals surface area contributed by atoms with Gasteiger partial charge in [-0.1, -0.05) is 54.1 Å². The first kappa shape index (κ1) is 22.9. The smallest absolute Gasteiger partial charge is 0.339 e. The van der Waals surface area contributed by atoms with Gasteiger partial charge < -0.3 is 8.58 Å². The molecule has 5 rings (SSSR count). The van der Waals surface area contributed by atoms with Crippen LogP contribution in [-0.2, 0) is 20.0 Å². The third-order valence-electron chi connectivity index (χ3n) is 5.65. The Bertz CT molecular complexity index is 1720. The molecule has 0 saturated heterocycles. The van der Waals surface area contributed by atoms with Gasteiger partial charge in [0.1, 0.15) is 10.6 Å². The largest absolute Gasteiger partial charge is 0.379 e. The molecule has 0 aliphatic carbocycles. The van der Waals surface area contributed by atoms with Crippen molar-refractivity contribution in [1.82, 2.24) is 4.40 Å². The minimum Gasteiger partial charge on any atom is -0.379 e. The molecule has 0 fully saturated rings. The van der Waals surface area contributed by atoms with Crippen LogP contribution in [0.3, 0.4) is 0 Å². The number of hydrogen-bond acceptors (Lipinski definition) is 5. The van der Waals surface area contributed by atoms with E-state index in [4.69, 9.17) is 4.18 Å². The maximum absolute atomic E-state index is 13.7. The molecule has 0 atom stereocenters. The van der Waals surface area contributed by atoms with Gasteiger partial charge >= 0.3 is 10.1 Å². The standard InChI is InChI=1S/C27H21NO5S2/c1-20-10-14-24(15-11-20)35(31,32)33-22-12-16-23(17-13-22)34(29,30)26-19-28-18-6-5-9-25(28)27(26)21-7-3-2-4-8-21/h2-19H,1H3. The number of fused-ring (bicyclic) bond motifs is 1. The van der Waals surface area contributed by atoms with Crippen LogP contribution in [0.15, 0.2) is 124 Å². The number of rotatable bonds is 6. The van der Waals surface area contributed by atoms with E-state index < -0.39 is 20.0 Å². The highest BCUT2D eigenvalue weighted by Gasteiger charge is 2.26. The molecule has 176 valence electrons. The molecule has 2 aromatic heterocycles. The summed E-state index contributed by atoms with van der Waals surface area (Å²) >= 11 is 0. The van der Waals surface area contributed by atoms with Gasteiger partial charge in [0, 0.05) is 18.0 Å². The van der Waals surface area contributed by atoms with Gasteiger partial charge in [-0.05, 0) is 61.0 Å². The van der Waals surface area contributed by atoms with Crippen LogP contribution in [0.2, 0.25) is 0 Å². The first-order chi connectivity index (χ1) is 16.8. The van der Waals surface area contributed by atoms with Crippen molar-refractivity contribution >= 4 is 25.5 Å². The molecule has 0 N–H and O–H groups in total. The zero-order valence-electron chi connectivity index (χ0n) is 18.7. The van der Waals surface area contributed by atoms with Crippen molar-refractivity contribution in [3.05, 3.63) is 115 Å². The number of sulfone groups is 1. The van der Waals surface area contributed by atoms with E-state index in [1.165, 1.54) is 36.4 Å². The Labute approximate surface area is 204 Å². The predicted octanol–water partition coefficient (Wildman–Crippen LogP) is 5.52. The van der Waals surface area contributed by atoms with Gasteiger partial charge in [-0.15, -0.1) is 0 Å². The molecule has 0 amide bonds. The number of hydrogen-bond donors (Lipinski definition) is 0. The third kappa shape index (κ3) is 4.34. The highest BCUT2D eigenvalue weighted by Crippen LogP contribution is 2.36. The SMILES string of the molecule is Cc1ccc(S(=O)(=O)Oc2ccc(S(=O)(=O)c3cn4ccccc4c3-c3ccccc3)cc2)cc1. The van der Waals surface area contributed by atoms with Crippen LogP contribution in [-0.4, -0.2) is 21.2 Å². The second-order valence-corrected chi connectivity index (χ2v) is 11.5. The van der Waals surface area contributed by atoms with E-state index in [0.717, 1.165) is 16.6 Å². The second kappa shape index (κ2) is 8.72. The minimum absolute atomic E-state index is 0.0211. The molecule has 3 aromatic carbocycles. The molecule has 2 heterocycles. The molecule has 0 spiro atoms. The van der Waals surface area contributed by atoms with E-state index in [9.17, 15) is 16.8 Å². The molecule has 0 unspecified atom stereocenters. The lowest BCUT2D eigenvalue weighted by Gasteiger charge is -2.10. The average molecular weight is 504 g/mol. The molecule has 0 aliphatic rings. The summed E-state index contributed by atoms with van der Waals surface area (Å²) in [6, 6.07) is 26.6. The van der Waals surface area contributed by atoms with Crippen LogP contribution in [0.25, 0.3) is 16.6 Å². The van der Waals surface area contributed by atoms with Crippen molar-refractivity contribution in [2.24, 2.45) is 0 Å². The topological polar surface area (TPSA) is 81.9 Å². The van der Waals surface area contributed by atoms with Crippen molar-refractivity contribution in [1.29, 1.82) is 0 Å². The van der Waals surface area contributed by atoms with E-state index in [2.05, 4.69) is 0 Å². The van der Waals surface area contributed by atoms with Gasteiger partial charge in [0.25, 0.3) is 0 Å². The summed E-state index contributed by atoms with van der Waals surface area (Å²) in [6.07, 6.45) is 3.40. The number of pyridine rings is 1. The average Bonchev–Trinajstić information content (AvgIpc) is 3.26. The van der Waals surface area contributed by atoms with E-state index >= 15 is 0 Å². The predicted molar refractivity (Wildman–Crippen MR) is 134 cm³/mol. The van der Waals surface area contributed by atoms with Crippen molar-refractivity contribution in [2.75, 3.05) is 0 Å². The molecule has 5 aromatic rings. The maximum atomic E-state index is 13.7. The Balaban J connectivity index is 1.52. The third-order valence-corrected chi connectivity index (χ3v) is 8.69. The lowest BCUT2D eigenvalue weighted by atomic mass is 10.1. The fraction of sp³-hybridized carbons (Fsp3) is 0.0370. The Morgan fingerprint density at radius 1 is 0.686 bits per heavy atom. The first-order valence-corrected chi connectivity index (χ1v) is 13.7. The molecule has 0 bridgehead atoms. The summed E-state index contributed by atoms with van der Waals surface area (Å²) in [5.41, 5.74) is 3.07. The zero-order valence-corrected chi connectivity index (χ0v) is 20.3. The molecule has 0 radical (unpaired) electrons. The van der Waals surface area contributed by atoms with Gasteiger partial charge in [0.15, 0.2) is 0 Å². The van der Waals surface area contributed by atoms with Gasteiger partial charge in [0.05, 0.1) is 15.3 Å². The number of benzene rings is 3. The molecule has 8 heteroatoms. The molecular weight excluding hydrogens is 482 g/mol. The quantitative estimate of drug-likeness (QED) is 0.285. The van der Waals surface area contributed by atoms with E-state index in [0.29, 0.717) is 5.56 Å². The fourth-order valence-corrected chi connectivity index (χ4v) is 6.30. The summed E-state index contributed by atoms with van der Waals surface area (Å²) in [7, 11) is -7.97. The zero-order chi connectivity index (χ0) is 24.6. The molecule has 35 heavy (non-hydrogen) atoms. The summed E-state index contributed by atoms with van der Waals surface area (Å²) in [5, 5.41) is 0. The van der Waals surface area contributed by atoms with E-state index in [1.54, 1.807) is 28.9 Å². The highest BCUT2D eigenvalue weighted by atomic mass is 32.2. The minimum atomic E-state index is -4.04. The van der Waals surface area contributed by atoms with Crippen LogP contribution < -0.4 is 4.18 Å². The Kier molecular flexibility index (Phi) is 5.70. The normalized spacial score (nSPS) is 12.0. The van der Waals surface area contributed by atoms with Crippen molar-refractivity contribution in [2.45, 2.75) is 21.6 Å². The Morgan fingerprint density at radius 3 is 2.00 bits per heavy atom. The summed E-state index contributed by atoms with van der Waals surface area (Å²) in [4.78, 5) is 0.217. The van der Waals surface area contributed by atoms with Crippen LogP contribution >= 0.6 is 0 Å². The summed E-state index contributed by atoms with van der Waals surface area (Å²) in [6.45, 7) is 1.86. The van der Waals surface area contributed by atoms with Gasteiger partial charge in [-0.2, -0.15) is 8.42 Å². The van der Waals surface area contributed by atoms with Gasteiger partial charge in [-0.25, -0.2) is 8.42 Å². The number of nitrogens with zero attached hydrogens (tertiary/aromatic N) is 1. The Morgan fingerprint density at radius 2 is 1.31 bits per heavy atom. The molecular formula is C27H21NO5S2. The van der Waals surface area contributed by atoms with E-state index in [1.807, 2.05) is 55.5 Å². The van der Waals surface area contributed by atoms with E-state index in [-0.39, 0.29) is 20.4 Å². The van der Waals surface area contributed by atoms with Crippen LogP contribution in [0.5, 0.6) is 5.75 Å². The number of aromatic nitrogens is 1. The van der Waals surface area contributed by atoms with Gasteiger partial charge in [0.2, 0.25) is 9.84 Å². The monoisotopic (exact) mass is 503 g/mol. The number of aryl methyl sites for hydroxylation is 1. The Hall–Kier alpha value is -3.88. The summed E-state index contributed by atoms with van der Waals surface area (Å²) in [5.74, 6) is 0.0230. The van der Waals surface area contributed by atoms with Crippen molar-refractivity contribution in [3.8, 4) is 16.9 Å². The first-order valence-electron chi connectivity index (χ1n) is 10.8. The molecule has 0 saturated carbocycles. The fourth-order valence-electron chi connectivity index (χ4n) is 3.88. The van der Waals surface area contributed by atoms with Crippen molar-refractivity contribution < 1.29 is 21.0 Å². The molecule has 6 nitrogen and oxygen atoms in total. The molecule has 0 aliphatic heterocycles. The van der Waals surface area contributed by atoms with Crippen LogP contribution in [0.1, 0.15) is 5.56 Å². The lowest BCUT2D eigenvalue weighted by molar-refractivity contribution is 0.486. The maximum Gasteiger partial charge on any atom is 0.339 e. The second-order valence-electron chi connectivity index (χ2n) is 8.05. The van der Waals surface area contributed by atoms with Crippen LogP contribution in [0, 0.1) is 6.92 Å².